The first-order valence-electron chi connectivity index (χ1n) is 4.63. The number of fused-ring (bicyclic) bond motifs is 1. The van der Waals surface area contributed by atoms with Crippen LogP contribution in [-0.2, 0) is 4.74 Å². The largest absolute Gasteiger partial charge is 0.461 e. The Balaban J connectivity index is 2.52. The zero-order valence-electron chi connectivity index (χ0n) is 8.41. The molecule has 0 aliphatic heterocycles. The maximum Gasteiger partial charge on any atom is 0.358 e. The highest BCUT2D eigenvalue weighted by atomic mass is 79.9. The predicted molar refractivity (Wildman–Crippen MR) is 58.8 cm³/mol. The van der Waals surface area contributed by atoms with Gasteiger partial charge in [-0.3, -0.25) is 4.40 Å². The van der Waals surface area contributed by atoms with Crippen molar-refractivity contribution in [2.45, 2.75) is 6.92 Å². The van der Waals surface area contributed by atoms with E-state index in [0.717, 1.165) is 0 Å². The highest BCUT2D eigenvalue weighted by Crippen LogP contribution is 2.17. The van der Waals surface area contributed by atoms with Gasteiger partial charge in [0.2, 0.25) is 5.95 Å². The highest BCUT2D eigenvalue weighted by molar-refractivity contribution is 9.10. The maximum absolute atomic E-state index is 13.6. The first-order chi connectivity index (χ1) is 7.63. The second-order valence-electron chi connectivity index (χ2n) is 3.05. The van der Waals surface area contributed by atoms with Crippen molar-refractivity contribution in [1.29, 1.82) is 0 Å². The number of imidazole rings is 1. The first kappa shape index (κ1) is 11.1. The molecule has 6 heteroatoms. The van der Waals surface area contributed by atoms with Crippen molar-refractivity contribution in [2.24, 2.45) is 0 Å². The molecule has 0 saturated heterocycles. The number of carbonyl (C=O) groups is 1. The van der Waals surface area contributed by atoms with Crippen molar-refractivity contribution in [3.63, 3.8) is 0 Å². The Bertz CT molecular complexity index is 553. The van der Waals surface area contributed by atoms with E-state index in [1.165, 1.54) is 16.7 Å². The Kier molecular flexibility index (Phi) is 2.91. The van der Waals surface area contributed by atoms with Gasteiger partial charge in [-0.05, 0) is 35.0 Å². The van der Waals surface area contributed by atoms with E-state index in [1.54, 1.807) is 13.0 Å². The first-order valence-corrected chi connectivity index (χ1v) is 5.43. The van der Waals surface area contributed by atoms with Crippen molar-refractivity contribution in [3.8, 4) is 0 Å². The molecule has 16 heavy (non-hydrogen) atoms. The van der Waals surface area contributed by atoms with Gasteiger partial charge in [-0.1, -0.05) is 0 Å². The monoisotopic (exact) mass is 286 g/mol. The minimum absolute atomic E-state index is 0.0962. The van der Waals surface area contributed by atoms with Crippen LogP contribution < -0.4 is 0 Å². The lowest BCUT2D eigenvalue weighted by Crippen LogP contribution is -2.04. The molecule has 2 heterocycles. The van der Waals surface area contributed by atoms with Gasteiger partial charge >= 0.3 is 5.97 Å². The van der Waals surface area contributed by atoms with Crippen molar-refractivity contribution in [3.05, 3.63) is 34.4 Å². The summed E-state index contributed by atoms with van der Waals surface area (Å²) in [5.41, 5.74) is 0.461. The molecule has 0 N–H and O–H groups in total. The number of pyridine rings is 1. The van der Waals surface area contributed by atoms with E-state index in [1.807, 2.05) is 0 Å². The number of rotatable bonds is 2. The number of carbonyl (C=O) groups excluding carboxylic acids is 1. The van der Waals surface area contributed by atoms with E-state index in [9.17, 15) is 9.18 Å². The van der Waals surface area contributed by atoms with E-state index in [4.69, 9.17) is 4.74 Å². The van der Waals surface area contributed by atoms with Crippen LogP contribution in [0.1, 0.15) is 17.4 Å². The summed E-state index contributed by atoms with van der Waals surface area (Å²) in [6.45, 7) is 1.96. The smallest absolute Gasteiger partial charge is 0.358 e. The average Bonchev–Trinajstić information content (AvgIpc) is 2.69. The molecule has 0 bridgehead atoms. The van der Waals surface area contributed by atoms with E-state index in [2.05, 4.69) is 20.9 Å². The van der Waals surface area contributed by atoms with Crippen molar-refractivity contribution < 1.29 is 13.9 Å². The van der Waals surface area contributed by atoms with Crippen LogP contribution in [0.25, 0.3) is 5.65 Å². The molecule has 0 aliphatic carbocycles. The molecule has 2 aromatic rings. The average molecular weight is 287 g/mol. The molecule has 0 unspecified atom stereocenters. The summed E-state index contributed by atoms with van der Waals surface area (Å²) in [7, 11) is 0. The molecular formula is C10H8BrFN2O2. The molecule has 0 spiro atoms. The van der Waals surface area contributed by atoms with Crippen LogP contribution in [0, 0.1) is 5.95 Å². The van der Waals surface area contributed by atoms with Crippen LogP contribution in [0.15, 0.2) is 22.8 Å². The number of halogens is 2. The zero-order chi connectivity index (χ0) is 11.7. The number of hydrogen-bond acceptors (Lipinski definition) is 3. The van der Waals surface area contributed by atoms with Gasteiger partial charge < -0.3 is 4.74 Å². The fourth-order valence-electron chi connectivity index (χ4n) is 1.30. The lowest BCUT2D eigenvalue weighted by Gasteiger charge is -1.96. The van der Waals surface area contributed by atoms with E-state index in [0.29, 0.717) is 10.1 Å². The van der Waals surface area contributed by atoms with Crippen LogP contribution in [0.3, 0.4) is 0 Å². The van der Waals surface area contributed by atoms with Gasteiger partial charge in [-0.15, -0.1) is 0 Å². The highest BCUT2D eigenvalue weighted by Gasteiger charge is 2.14. The number of aromatic nitrogens is 2. The third kappa shape index (κ3) is 1.80. The standard InChI is InChI=1S/C10H8BrFN2O2/c1-2-16-10(15)7-5-14-8(13-7)4-3-6(11)9(14)12/h3-5H,2H2,1H3. The summed E-state index contributed by atoms with van der Waals surface area (Å²) in [6.07, 6.45) is 1.31. The van der Waals surface area contributed by atoms with Crippen LogP contribution >= 0.6 is 15.9 Å². The molecule has 0 fully saturated rings. The Morgan fingerprint density at radius 3 is 3.06 bits per heavy atom. The predicted octanol–water partition coefficient (Wildman–Crippen LogP) is 2.41. The topological polar surface area (TPSA) is 43.6 Å². The summed E-state index contributed by atoms with van der Waals surface area (Å²) in [4.78, 5) is 15.3. The van der Waals surface area contributed by atoms with Gasteiger partial charge in [-0.2, -0.15) is 4.39 Å². The van der Waals surface area contributed by atoms with Crippen molar-refractivity contribution >= 4 is 27.5 Å². The number of hydrogen-bond donors (Lipinski definition) is 0. The number of esters is 1. The van der Waals surface area contributed by atoms with Crippen LogP contribution in [0.2, 0.25) is 0 Å². The van der Waals surface area contributed by atoms with Gasteiger partial charge in [0.1, 0.15) is 5.65 Å². The summed E-state index contributed by atoms with van der Waals surface area (Å²) in [6, 6.07) is 3.14. The van der Waals surface area contributed by atoms with Gasteiger partial charge in [0.05, 0.1) is 11.1 Å². The molecule has 2 rings (SSSR count). The normalized spacial score (nSPS) is 10.7. The second kappa shape index (κ2) is 4.21. The third-order valence-corrected chi connectivity index (χ3v) is 2.60. The summed E-state index contributed by atoms with van der Waals surface area (Å²) in [5.74, 6) is -1.05. The van der Waals surface area contributed by atoms with E-state index < -0.39 is 11.9 Å². The molecule has 0 saturated carbocycles. The maximum atomic E-state index is 13.6. The Morgan fingerprint density at radius 2 is 2.38 bits per heavy atom. The molecule has 0 atom stereocenters. The molecule has 84 valence electrons. The molecule has 4 nitrogen and oxygen atoms in total. The van der Waals surface area contributed by atoms with Crippen molar-refractivity contribution in [1.82, 2.24) is 9.38 Å². The number of nitrogens with zero attached hydrogens (tertiary/aromatic N) is 2. The minimum Gasteiger partial charge on any atom is -0.461 e. The zero-order valence-corrected chi connectivity index (χ0v) is 9.99. The lowest BCUT2D eigenvalue weighted by molar-refractivity contribution is 0.0520. The van der Waals surface area contributed by atoms with Gasteiger partial charge in [0.15, 0.2) is 5.69 Å². The Labute approximate surface area is 99.2 Å². The van der Waals surface area contributed by atoms with Gasteiger partial charge in [-0.25, -0.2) is 9.78 Å². The summed E-state index contributed by atoms with van der Waals surface area (Å²) < 4.78 is 19.9. The molecule has 0 aliphatic rings. The molecule has 0 amide bonds. The quantitative estimate of drug-likeness (QED) is 0.629. The van der Waals surface area contributed by atoms with E-state index in [-0.39, 0.29) is 12.3 Å². The number of ether oxygens (including phenoxy) is 1. The van der Waals surface area contributed by atoms with Gasteiger partial charge in [0.25, 0.3) is 0 Å². The van der Waals surface area contributed by atoms with E-state index >= 15 is 0 Å². The summed E-state index contributed by atoms with van der Waals surface area (Å²) >= 11 is 3.05. The lowest BCUT2D eigenvalue weighted by atomic mass is 10.5. The van der Waals surface area contributed by atoms with Crippen molar-refractivity contribution in [2.75, 3.05) is 6.61 Å². The van der Waals surface area contributed by atoms with Gasteiger partial charge in [0, 0.05) is 6.20 Å². The fourth-order valence-corrected chi connectivity index (χ4v) is 1.63. The second-order valence-corrected chi connectivity index (χ2v) is 3.90. The molecule has 0 radical (unpaired) electrons. The molecule has 0 aromatic carbocycles. The molecular weight excluding hydrogens is 279 g/mol. The van der Waals surface area contributed by atoms with Crippen LogP contribution in [0.5, 0.6) is 0 Å². The molecule has 2 aromatic heterocycles. The van der Waals surface area contributed by atoms with Crippen LogP contribution in [-0.4, -0.2) is 22.0 Å². The SMILES string of the molecule is CCOC(=O)c1cn2c(F)c(Br)ccc2n1. The third-order valence-electron chi connectivity index (χ3n) is 2.01. The van der Waals surface area contributed by atoms with Crippen LogP contribution in [0.4, 0.5) is 4.39 Å². The Morgan fingerprint density at radius 1 is 1.62 bits per heavy atom. The minimum atomic E-state index is -0.554. The Hall–Kier alpha value is -1.43. The summed E-state index contributed by atoms with van der Waals surface area (Å²) in [5, 5.41) is 0. The fraction of sp³-hybridized carbons (Fsp3) is 0.200.